The fourth-order valence-corrected chi connectivity index (χ4v) is 5.66. The van der Waals surface area contributed by atoms with Crippen molar-refractivity contribution in [3.63, 3.8) is 0 Å². The topological polar surface area (TPSA) is 87.6 Å². The fraction of sp³-hybridized carbons (Fsp3) is 0.286. The van der Waals surface area contributed by atoms with Crippen LogP contribution in [0.2, 0.25) is 0 Å². The Morgan fingerprint density at radius 1 is 1.36 bits per heavy atom. The minimum absolute atomic E-state index is 0.0815. The van der Waals surface area contributed by atoms with E-state index in [2.05, 4.69) is 4.98 Å². The zero-order valence-electron chi connectivity index (χ0n) is 12.0. The molecule has 1 N–H and O–H groups in total. The lowest BCUT2D eigenvalue weighted by atomic mass is 10.1. The van der Waals surface area contributed by atoms with Crippen LogP contribution in [-0.2, 0) is 16.4 Å². The number of benzene rings is 1. The molecule has 1 aromatic carbocycles. The molecule has 0 saturated heterocycles. The number of anilines is 1. The molecule has 0 aliphatic carbocycles. The van der Waals surface area contributed by atoms with Crippen LogP contribution in [0.3, 0.4) is 0 Å². The molecule has 6 nitrogen and oxygen atoms in total. The molecule has 116 valence electrons. The first-order chi connectivity index (χ1) is 10.3. The molecule has 1 aromatic heterocycles. The maximum atomic E-state index is 12.9. The van der Waals surface area contributed by atoms with Crippen molar-refractivity contribution >= 4 is 33.0 Å². The third kappa shape index (κ3) is 2.28. The van der Waals surface area contributed by atoms with Gasteiger partial charge in [0, 0.05) is 6.54 Å². The summed E-state index contributed by atoms with van der Waals surface area (Å²) < 4.78 is 27.2. The minimum Gasteiger partial charge on any atom is -0.478 e. The largest absolute Gasteiger partial charge is 0.478 e. The van der Waals surface area contributed by atoms with E-state index in [0.29, 0.717) is 29.4 Å². The van der Waals surface area contributed by atoms with Gasteiger partial charge in [0.05, 0.1) is 22.0 Å². The molecular weight excluding hydrogens is 324 g/mol. The van der Waals surface area contributed by atoms with Crippen molar-refractivity contribution in [1.29, 1.82) is 0 Å². The quantitative estimate of drug-likeness (QED) is 0.927. The standard InChI is InChI=1S/C14H14N2O4S2/c1-8-14(21-9(2)15-8)22(19,20)16-6-5-10-3-4-11(13(17)18)7-12(10)16/h3-4,7H,5-6H2,1-2H3,(H,17,18). The highest BCUT2D eigenvalue weighted by Crippen LogP contribution is 2.36. The summed E-state index contributed by atoms with van der Waals surface area (Å²) in [5, 5.41) is 9.78. The van der Waals surface area contributed by atoms with Gasteiger partial charge in [-0.25, -0.2) is 18.2 Å². The molecule has 0 spiro atoms. The van der Waals surface area contributed by atoms with Crippen LogP contribution in [0.15, 0.2) is 22.4 Å². The lowest BCUT2D eigenvalue weighted by Crippen LogP contribution is -2.29. The van der Waals surface area contributed by atoms with Crippen molar-refractivity contribution in [2.24, 2.45) is 0 Å². The molecule has 0 amide bonds. The number of rotatable bonds is 3. The molecule has 1 aliphatic heterocycles. The number of carboxylic acid groups (broad SMARTS) is 1. The number of aromatic nitrogens is 1. The summed E-state index contributed by atoms with van der Waals surface area (Å²) >= 11 is 1.14. The van der Waals surface area contributed by atoms with Crippen LogP contribution in [0.25, 0.3) is 0 Å². The Morgan fingerprint density at radius 3 is 2.68 bits per heavy atom. The first-order valence-corrected chi connectivity index (χ1v) is 8.89. The van der Waals surface area contributed by atoms with E-state index >= 15 is 0 Å². The van der Waals surface area contributed by atoms with Crippen LogP contribution < -0.4 is 4.31 Å². The molecule has 0 radical (unpaired) electrons. The van der Waals surface area contributed by atoms with Crippen LogP contribution in [-0.4, -0.2) is 31.0 Å². The van der Waals surface area contributed by atoms with E-state index in [0.717, 1.165) is 16.9 Å². The predicted molar refractivity (Wildman–Crippen MR) is 83.2 cm³/mol. The molecule has 2 heterocycles. The Kier molecular flexibility index (Phi) is 3.45. The summed E-state index contributed by atoms with van der Waals surface area (Å²) in [6.45, 7) is 3.75. The average molecular weight is 338 g/mol. The number of carbonyl (C=O) groups is 1. The number of hydrogen-bond donors (Lipinski definition) is 1. The van der Waals surface area contributed by atoms with E-state index in [1.807, 2.05) is 0 Å². The summed E-state index contributed by atoms with van der Waals surface area (Å²) in [6, 6.07) is 4.60. The number of carboxylic acids is 1. The predicted octanol–water partition coefficient (Wildman–Crippen LogP) is 2.21. The van der Waals surface area contributed by atoms with Crippen molar-refractivity contribution in [2.75, 3.05) is 10.8 Å². The second-order valence-corrected chi connectivity index (χ2v) is 8.34. The number of thiazole rings is 1. The third-order valence-electron chi connectivity index (χ3n) is 3.57. The van der Waals surface area contributed by atoms with Gasteiger partial charge in [0.25, 0.3) is 10.0 Å². The van der Waals surface area contributed by atoms with Crippen LogP contribution in [0.4, 0.5) is 5.69 Å². The van der Waals surface area contributed by atoms with Crippen molar-refractivity contribution in [2.45, 2.75) is 24.5 Å². The Hall–Kier alpha value is -1.93. The molecule has 0 bridgehead atoms. The second kappa shape index (κ2) is 5.06. The molecule has 0 saturated carbocycles. The first-order valence-electron chi connectivity index (χ1n) is 6.63. The molecule has 8 heteroatoms. The zero-order valence-corrected chi connectivity index (χ0v) is 13.7. The van der Waals surface area contributed by atoms with E-state index in [1.54, 1.807) is 19.9 Å². The van der Waals surface area contributed by atoms with E-state index in [9.17, 15) is 13.2 Å². The van der Waals surface area contributed by atoms with Crippen LogP contribution >= 0.6 is 11.3 Å². The van der Waals surface area contributed by atoms with Crippen molar-refractivity contribution in [1.82, 2.24) is 4.98 Å². The number of nitrogens with zero attached hydrogens (tertiary/aromatic N) is 2. The van der Waals surface area contributed by atoms with Gasteiger partial charge in [0.15, 0.2) is 4.21 Å². The molecule has 0 atom stereocenters. The van der Waals surface area contributed by atoms with Gasteiger partial charge in [-0.2, -0.15) is 0 Å². The van der Waals surface area contributed by atoms with Crippen molar-refractivity contribution in [3.8, 4) is 0 Å². The number of aromatic carboxylic acids is 1. The van der Waals surface area contributed by atoms with E-state index in [1.165, 1.54) is 16.4 Å². The summed E-state index contributed by atoms with van der Waals surface area (Å²) in [6.07, 6.45) is 0.575. The fourth-order valence-electron chi connectivity index (χ4n) is 2.58. The Bertz CT molecular complexity index is 871. The normalized spacial score (nSPS) is 14.2. The number of fused-ring (bicyclic) bond motifs is 1. The second-order valence-electron chi connectivity index (χ2n) is 5.08. The molecule has 0 fully saturated rings. The van der Waals surface area contributed by atoms with Gasteiger partial charge in [-0.15, -0.1) is 11.3 Å². The SMILES string of the molecule is Cc1nc(C)c(S(=O)(=O)N2CCc3ccc(C(=O)O)cc32)s1. The van der Waals surface area contributed by atoms with Gasteiger partial charge < -0.3 is 5.11 Å². The van der Waals surface area contributed by atoms with Gasteiger partial charge in [-0.1, -0.05) is 6.07 Å². The minimum atomic E-state index is -3.71. The lowest BCUT2D eigenvalue weighted by molar-refractivity contribution is 0.0697. The van der Waals surface area contributed by atoms with Gasteiger partial charge >= 0.3 is 5.97 Å². The van der Waals surface area contributed by atoms with Crippen LogP contribution in [0, 0.1) is 13.8 Å². The van der Waals surface area contributed by atoms with Crippen molar-refractivity contribution in [3.05, 3.63) is 40.0 Å². The van der Waals surface area contributed by atoms with Crippen LogP contribution in [0.5, 0.6) is 0 Å². The van der Waals surface area contributed by atoms with E-state index in [4.69, 9.17) is 5.11 Å². The van der Waals surface area contributed by atoms with Gasteiger partial charge in [-0.05, 0) is 38.0 Å². The first kappa shape index (κ1) is 15.0. The zero-order chi connectivity index (χ0) is 16.1. The maximum absolute atomic E-state index is 12.9. The van der Waals surface area contributed by atoms with E-state index < -0.39 is 16.0 Å². The number of hydrogen-bond acceptors (Lipinski definition) is 5. The van der Waals surface area contributed by atoms with Gasteiger partial charge in [0.1, 0.15) is 0 Å². The molecule has 1 aliphatic rings. The van der Waals surface area contributed by atoms with Crippen LogP contribution in [0.1, 0.15) is 26.6 Å². The highest BCUT2D eigenvalue weighted by molar-refractivity contribution is 7.94. The lowest BCUT2D eigenvalue weighted by Gasteiger charge is -2.19. The Balaban J connectivity index is 2.11. The average Bonchev–Trinajstić information content (AvgIpc) is 3.01. The Labute approximate surface area is 132 Å². The van der Waals surface area contributed by atoms with Gasteiger partial charge in [-0.3, -0.25) is 4.31 Å². The molecule has 22 heavy (non-hydrogen) atoms. The van der Waals surface area contributed by atoms with E-state index in [-0.39, 0.29) is 9.77 Å². The highest BCUT2D eigenvalue weighted by Gasteiger charge is 2.34. The number of aryl methyl sites for hydroxylation is 2. The maximum Gasteiger partial charge on any atom is 0.335 e. The summed E-state index contributed by atoms with van der Waals surface area (Å²) in [5.74, 6) is -1.07. The van der Waals surface area contributed by atoms with Crippen molar-refractivity contribution < 1.29 is 18.3 Å². The Morgan fingerprint density at radius 2 is 2.09 bits per heavy atom. The molecule has 2 aromatic rings. The summed E-state index contributed by atoms with van der Waals surface area (Å²) in [5.41, 5.74) is 1.85. The molecular formula is C14H14N2O4S2. The number of sulfonamides is 1. The summed E-state index contributed by atoms with van der Waals surface area (Å²) in [7, 11) is -3.71. The molecule has 0 unspecified atom stereocenters. The third-order valence-corrected chi connectivity index (χ3v) is 7.04. The smallest absolute Gasteiger partial charge is 0.335 e. The summed E-state index contributed by atoms with van der Waals surface area (Å²) in [4.78, 5) is 15.3. The highest BCUT2D eigenvalue weighted by atomic mass is 32.2. The molecule has 3 rings (SSSR count). The monoisotopic (exact) mass is 338 g/mol. The van der Waals surface area contributed by atoms with Gasteiger partial charge in [0.2, 0.25) is 0 Å².